The number of aromatic nitrogens is 2. The second-order valence-corrected chi connectivity index (χ2v) is 6.49. The molecule has 0 spiro atoms. The van der Waals surface area contributed by atoms with Crippen molar-refractivity contribution in [2.45, 2.75) is 12.8 Å². The van der Waals surface area contributed by atoms with Gasteiger partial charge in [-0.15, -0.1) is 10.2 Å². The van der Waals surface area contributed by atoms with Crippen molar-refractivity contribution >= 4 is 22.4 Å². The summed E-state index contributed by atoms with van der Waals surface area (Å²) in [5.41, 5.74) is 1.98. The molecule has 2 aromatic carbocycles. The average molecular weight is 369 g/mol. The van der Waals surface area contributed by atoms with Crippen LogP contribution in [0.5, 0.6) is 11.5 Å². The predicted octanol–water partition coefficient (Wildman–Crippen LogP) is 3.79. The maximum absolute atomic E-state index is 12.1. The molecule has 134 valence electrons. The number of carbonyl (C=O) groups excluding carboxylic acids is 1. The molecule has 0 atom stereocenters. The van der Waals surface area contributed by atoms with Gasteiger partial charge in [0.05, 0.1) is 14.2 Å². The van der Waals surface area contributed by atoms with Gasteiger partial charge in [-0.1, -0.05) is 41.7 Å². The molecule has 0 fully saturated rings. The number of ether oxygens (including phenoxy) is 2. The zero-order valence-electron chi connectivity index (χ0n) is 14.6. The van der Waals surface area contributed by atoms with E-state index in [1.165, 1.54) is 11.3 Å². The molecule has 0 aliphatic heterocycles. The standard InChI is InChI=1S/C19H19N3O3S/c1-24-15-10-9-14(12-16(15)25-2)18-21-22-19(26-18)20-17(23)11-8-13-6-4-3-5-7-13/h3-7,9-10,12H,8,11H2,1-2H3,(H,20,22,23). The zero-order valence-corrected chi connectivity index (χ0v) is 15.4. The number of anilines is 1. The second-order valence-electron chi connectivity index (χ2n) is 5.52. The minimum absolute atomic E-state index is 0.0798. The van der Waals surface area contributed by atoms with Crippen LogP contribution in [-0.2, 0) is 11.2 Å². The quantitative estimate of drug-likeness (QED) is 0.686. The summed E-state index contributed by atoms with van der Waals surface area (Å²) < 4.78 is 10.5. The SMILES string of the molecule is COc1ccc(-c2nnc(NC(=O)CCc3ccccc3)s2)cc1OC. The van der Waals surface area contributed by atoms with E-state index in [1.807, 2.05) is 48.5 Å². The highest BCUT2D eigenvalue weighted by atomic mass is 32.1. The Labute approximate surface area is 155 Å². The smallest absolute Gasteiger partial charge is 0.226 e. The number of rotatable bonds is 7. The van der Waals surface area contributed by atoms with Crippen molar-refractivity contribution < 1.29 is 14.3 Å². The molecule has 0 saturated heterocycles. The zero-order chi connectivity index (χ0) is 18.4. The Bertz CT molecular complexity index is 881. The lowest BCUT2D eigenvalue weighted by Gasteiger charge is -2.07. The van der Waals surface area contributed by atoms with Crippen LogP contribution in [0.15, 0.2) is 48.5 Å². The lowest BCUT2D eigenvalue weighted by molar-refractivity contribution is -0.116. The highest BCUT2D eigenvalue weighted by Crippen LogP contribution is 2.34. The largest absolute Gasteiger partial charge is 0.493 e. The first-order chi connectivity index (χ1) is 12.7. The van der Waals surface area contributed by atoms with Crippen molar-refractivity contribution in [2.75, 3.05) is 19.5 Å². The van der Waals surface area contributed by atoms with Crippen LogP contribution in [0.25, 0.3) is 10.6 Å². The molecular formula is C19H19N3O3S. The van der Waals surface area contributed by atoms with E-state index >= 15 is 0 Å². The highest BCUT2D eigenvalue weighted by molar-refractivity contribution is 7.18. The molecule has 6 nitrogen and oxygen atoms in total. The fourth-order valence-electron chi connectivity index (χ4n) is 2.44. The number of benzene rings is 2. The van der Waals surface area contributed by atoms with Gasteiger partial charge in [0.25, 0.3) is 0 Å². The molecule has 7 heteroatoms. The van der Waals surface area contributed by atoms with Gasteiger partial charge in [-0.05, 0) is 30.2 Å². The van der Waals surface area contributed by atoms with Crippen molar-refractivity contribution in [1.29, 1.82) is 0 Å². The number of nitrogens with zero attached hydrogens (tertiary/aromatic N) is 2. The Kier molecular flexibility index (Phi) is 5.80. The third-order valence-corrected chi connectivity index (χ3v) is 4.67. The number of methoxy groups -OCH3 is 2. The van der Waals surface area contributed by atoms with Crippen LogP contribution in [0.4, 0.5) is 5.13 Å². The molecule has 1 amide bonds. The fraction of sp³-hybridized carbons (Fsp3) is 0.211. The van der Waals surface area contributed by atoms with E-state index < -0.39 is 0 Å². The number of hydrogen-bond acceptors (Lipinski definition) is 6. The average Bonchev–Trinajstić information content (AvgIpc) is 3.15. The van der Waals surface area contributed by atoms with Crippen LogP contribution >= 0.6 is 11.3 Å². The number of nitrogens with one attached hydrogen (secondary N) is 1. The monoisotopic (exact) mass is 369 g/mol. The first-order valence-electron chi connectivity index (χ1n) is 8.09. The molecule has 0 bridgehead atoms. The van der Waals surface area contributed by atoms with Gasteiger partial charge in [-0.25, -0.2) is 0 Å². The van der Waals surface area contributed by atoms with Crippen molar-refractivity contribution in [3.05, 3.63) is 54.1 Å². The molecule has 1 aromatic heterocycles. The van der Waals surface area contributed by atoms with E-state index in [2.05, 4.69) is 15.5 Å². The highest BCUT2D eigenvalue weighted by Gasteiger charge is 2.12. The lowest BCUT2D eigenvalue weighted by atomic mass is 10.1. The number of carbonyl (C=O) groups is 1. The van der Waals surface area contributed by atoms with Gasteiger partial charge in [-0.3, -0.25) is 4.79 Å². The molecule has 3 aromatic rings. The van der Waals surface area contributed by atoms with Crippen molar-refractivity contribution in [2.24, 2.45) is 0 Å². The Hall–Kier alpha value is -2.93. The van der Waals surface area contributed by atoms with E-state index in [1.54, 1.807) is 14.2 Å². The van der Waals surface area contributed by atoms with Gasteiger partial charge < -0.3 is 14.8 Å². The molecule has 0 saturated carbocycles. The minimum atomic E-state index is -0.0798. The summed E-state index contributed by atoms with van der Waals surface area (Å²) in [6.07, 6.45) is 1.09. The summed E-state index contributed by atoms with van der Waals surface area (Å²) in [6, 6.07) is 15.4. The molecule has 1 N–H and O–H groups in total. The van der Waals surface area contributed by atoms with Gasteiger partial charge in [0.15, 0.2) is 11.5 Å². The van der Waals surface area contributed by atoms with Gasteiger partial charge in [0.2, 0.25) is 11.0 Å². The molecule has 0 radical (unpaired) electrons. The van der Waals surface area contributed by atoms with Crippen LogP contribution < -0.4 is 14.8 Å². The van der Waals surface area contributed by atoms with Gasteiger partial charge in [0.1, 0.15) is 5.01 Å². The van der Waals surface area contributed by atoms with Crippen LogP contribution in [0.2, 0.25) is 0 Å². The Balaban J connectivity index is 1.63. The topological polar surface area (TPSA) is 73.3 Å². The summed E-state index contributed by atoms with van der Waals surface area (Å²) in [7, 11) is 3.17. The maximum Gasteiger partial charge on any atom is 0.226 e. The first-order valence-corrected chi connectivity index (χ1v) is 8.91. The maximum atomic E-state index is 12.1. The number of aryl methyl sites for hydroxylation is 1. The van der Waals surface area contributed by atoms with E-state index in [9.17, 15) is 4.79 Å². The van der Waals surface area contributed by atoms with Crippen LogP contribution in [0.1, 0.15) is 12.0 Å². The summed E-state index contributed by atoms with van der Waals surface area (Å²) in [5.74, 6) is 1.19. The molecule has 0 aliphatic rings. The van der Waals surface area contributed by atoms with Crippen molar-refractivity contribution in [1.82, 2.24) is 10.2 Å². The van der Waals surface area contributed by atoms with Crippen molar-refractivity contribution in [3.63, 3.8) is 0 Å². The lowest BCUT2D eigenvalue weighted by Crippen LogP contribution is -2.12. The van der Waals surface area contributed by atoms with Gasteiger partial charge in [0, 0.05) is 12.0 Å². The Morgan fingerprint density at radius 1 is 1.04 bits per heavy atom. The Morgan fingerprint density at radius 2 is 1.81 bits per heavy atom. The second kappa shape index (κ2) is 8.44. The predicted molar refractivity (Wildman–Crippen MR) is 102 cm³/mol. The normalized spacial score (nSPS) is 10.4. The van der Waals surface area contributed by atoms with Gasteiger partial charge >= 0.3 is 0 Å². The van der Waals surface area contributed by atoms with Gasteiger partial charge in [-0.2, -0.15) is 0 Å². The molecule has 26 heavy (non-hydrogen) atoms. The van der Waals surface area contributed by atoms with E-state index in [-0.39, 0.29) is 5.91 Å². The summed E-state index contributed by atoms with van der Waals surface area (Å²) >= 11 is 1.32. The van der Waals surface area contributed by atoms with E-state index in [0.29, 0.717) is 34.5 Å². The Morgan fingerprint density at radius 3 is 2.54 bits per heavy atom. The van der Waals surface area contributed by atoms with Crippen LogP contribution in [-0.4, -0.2) is 30.3 Å². The number of amides is 1. The fourth-order valence-corrected chi connectivity index (χ4v) is 3.20. The third kappa shape index (κ3) is 4.37. The van der Waals surface area contributed by atoms with E-state index in [4.69, 9.17) is 9.47 Å². The molecule has 0 unspecified atom stereocenters. The molecule has 0 aliphatic carbocycles. The summed E-state index contributed by atoms with van der Waals surface area (Å²) in [5, 5.41) is 12.2. The third-order valence-electron chi connectivity index (χ3n) is 3.79. The van der Waals surface area contributed by atoms with Crippen LogP contribution in [0.3, 0.4) is 0 Å². The van der Waals surface area contributed by atoms with Crippen LogP contribution in [0, 0.1) is 0 Å². The summed E-state index contributed by atoms with van der Waals surface area (Å²) in [4.78, 5) is 12.1. The summed E-state index contributed by atoms with van der Waals surface area (Å²) in [6.45, 7) is 0. The first kappa shape index (κ1) is 17.9. The number of hydrogen-bond donors (Lipinski definition) is 1. The van der Waals surface area contributed by atoms with Crippen molar-refractivity contribution in [3.8, 4) is 22.1 Å². The molecule has 3 rings (SSSR count). The molecule has 1 heterocycles. The molecular weight excluding hydrogens is 350 g/mol. The minimum Gasteiger partial charge on any atom is -0.493 e. The van der Waals surface area contributed by atoms with E-state index in [0.717, 1.165) is 11.1 Å².